The molecule has 2 N–H and O–H groups in total. The lowest BCUT2D eigenvalue weighted by Gasteiger charge is -2.30. The van der Waals surface area contributed by atoms with Gasteiger partial charge in [-0.25, -0.2) is 9.69 Å². The molecular weight excluding hydrogens is 370 g/mol. The number of ether oxygens (including phenoxy) is 1. The van der Waals surface area contributed by atoms with Crippen molar-refractivity contribution in [3.05, 3.63) is 53.1 Å². The Hall–Kier alpha value is -3.06. The Morgan fingerprint density at radius 1 is 1.26 bits per heavy atom. The van der Waals surface area contributed by atoms with Gasteiger partial charge in [0.25, 0.3) is 0 Å². The topological polar surface area (TPSA) is 87.7 Å². The first-order chi connectivity index (χ1) is 12.9. The number of anilines is 2. The molecule has 1 unspecified atom stereocenters. The highest BCUT2D eigenvalue weighted by molar-refractivity contribution is 6.31. The third kappa shape index (κ3) is 3.88. The minimum absolute atomic E-state index is 0.0798. The minimum atomic E-state index is -1.06. The van der Waals surface area contributed by atoms with Gasteiger partial charge in [0.2, 0.25) is 11.8 Å². The molecule has 0 bridgehead atoms. The quantitative estimate of drug-likeness (QED) is 0.789. The predicted molar refractivity (Wildman–Crippen MR) is 102 cm³/mol. The molecule has 1 heterocycles. The van der Waals surface area contributed by atoms with E-state index in [0.717, 1.165) is 10.5 Å². The SMILES string of the molecule is COc1cccc(N2C(=O)NCC(C(=O)Nc3ccc(C)c(Cl)c3)C2=O)c1. The van der Waals surface area contributed by atoms with Gasteiger partial charge in [0.1, 0.15) is 11.7 Å². The van der Waals surface area contributed by atoms with E-state index in [4.69, 9.17) is 16.3 Å². The Balaban J connectivity index is 1.81. The second kappa shape index (κ2) is 7.67. The van der Waals surface area contributed by atoms with Gasteiger partial charge < -0.3 is 15.4 Å². The average Bonchev–Trinajstić information content (AvgIpc) is 2.65. The summed E-state index contributed by atoms with van der Waals surface area (Å²) in [5.41, 5.74) is 1.68. The number of carbonyl (C=O) groups is 3. The van der Waals surface area contributed by atoms with Crippen LogP contribution < -0.4 is 20.3 Å². The zero-order chi connectivity index (χ0) is 19.6. The molecule has 2 aromatic rings. The van der Waals surface area contributed by atoms with Gasteiger partial charge in [0, 0.05) is 23.3 Å². The van der Waals surface area contributed by atoms with E-state index in [2.05, 4.69) is 10.6 Å². The summed E-state index contributed by atoms with van der Waals surface area (Å²) in [5, 5.41) is 5.76. The van der Waals surface area contributed by atoms with Crippen LogP contribution in [0, 0.1) is 12.8 Å². The van der Waals surface area contributed by atoms with Crippen molar-refractivity contribution < 1.29 is 19.1 Å². The molecule has 3 rings (SSSR count). The Bertz CT molecular complexity index is 916. The molecule has 140 valence electrons. The number of rotatable bonds is 4. The fourth-order valence-corrected chi connectivity index (χ4v) is 2.89. The van der Waals surface area contributed by atoms with Crippen LogP contribution in [0.4, 0.5) is 16.2 Å². The monoisotopic (exact) mass is 387 g/mol. The van der Waals surface area contributed by atoms with Gasteiger partial charge in [-0.3, -0.25) is 9.59 Å². The van der Waals surface area contributed by atoms with Crippen molar-refractivity contribution in [2.24, 2.45) is 5.92 Å². The second-order valence-electron chi connectivity index (χ2n) is 6.07. The van der Waals surface area contributed by atoms with Crippen LogP contribution in [0.3, 0.4) is 0 Å². The average molecular weight is 388 g/mol. The zero-order valence-corrected chi connectivity index (χ0v) is 15.5. The largest absolute Gasteiger partial charge is 0.497 e. The van der Waals surface area contributed by atoms with Crippen LogP contribution in [-0.2, 0) is 9.59 Å². The zero-order valence-electron chi connectivity index (χ0n) is 14.8. The molecule has 27 heavy (non-hydrogen) atoms. The summed E-state index contributed by atoms with van der Waals surface area (Å²) in [6.45, 7) is 1.77. The fraction of sp³-hybridized carbons (Fsp3) is 0.211. The fourth-order valence-electron chi connectivity index (χ4n) is 2.71. The van der Waals surface area contributed by atoms with E-state index in [1.165, 1.54) is 7.11 Å². The lowest BCUT2D eigenvalue weighted by molar-refractivity contribution is -0.130. The van der Waals surface area contributed by atoms with Crippen molar-refractivity contribution in [1.82, 2.24) is 5.32 Å². The number of hydrogen-bond acceptors (Lipinski definition) is 4. The maximum atomic E-state index is 12.8. The molecule has 7 nitrogen and oxygen atoms in total. The highest BCUT2D eigenvalue weighted by Gasteiger charge is 2.39. The molecule has 1 saturated heterocycles. The van der Waals surface area contributed by atoms with E-state index in [9.17, 15) is 14.4 Å². The molecule has 8 heteroatoms. The molecule has 1 atom stereocenters. The van der Waals surface area contributed by atoms with Crippen molar-refractivity contribution in [2.45, 2.75) is 6.92 Å². The molecule has 0 radical (unpaired) electrons. The van der Waals surface area contributed by atoms with Crippen LogP contribution >= 0.6 is 11.6 Å². The van der Waals surface area contributed by atoms with Crippen molar-refractivity contribution in [3.63, 3.8) is 0 Å². The second-order valence-corrected chi connectivity index (χ2v) is 6.47. The van der Waals surface area contributed by atoms with Crippen LogP contribution in [0.1, 0.15) is 5.56 Å². The van der Waals surface area contributed by atoms with E-state index in [1.54, 1.807) is 42.5 Å². The van der Waals surface area contributed by atoms with Crippen LogP contribution in [0.5, 0.6) is 5.75 Å². The van der Waals surface area contributed by atoms with Crippen LogP contribution in [0.2, 0.25) is 5.02 Å². The molecule has 4 amide bonds. The number of nitrogens with zero attached hydrogens (tertiary/aromatic N) is 1. The maximum absolute atomic E-state index is 12.8. The van der Waals surface area contributed by atoms with Crippen LogP contribution in [-0.4, -0.2) is 31.5 Å². The molecule has 1 aliphatic heterocycles. The summed E-state index contributed by atoms with van der Waals surface area (Å²) in [6, 6.07) is 11.0. The summed E-state index contributed by atoms with van der Waals surface area (Å²) in [7, 11) is 1.49. The Morgan fingerprint density at radius 2 is 2.04 bits per heavy atom. The van der Waals surface area contributed by atoms with E-state index < -0.39 is 23.8 Å². The van der Waals surface area contributed by atoms with E-state index in [1.807, 2.05) is 6.92 Å². The van der Waals surface area contributed by atoms with Gasteiger partial charge in [-0.05, 0) is 36.8 Å². The summed E-state index contributed by atoms with van der Waals surface area (Å²) < 4.78 is 5.13. The number of urea groups is 1. The number of aryl methyl sites for hydroxylation is 1. The van der Waals surface area contributed by atoms with Crippen molar-refractivity contribution in [2.75, 3.05) is 23.9 Å². The first kappa shape index (κ1) is 18.7. The third-order valence-electron chi connectivity index (χ3n) is 4.25. The molecule has 0 aromatic heterocycles. The van der Waals surface area contributed by atoms with Gasteiger partial charge in [-0.15, -0.1) is 0 Å². The summed E-state index contributed by atoms with van der Waals surface area (Å²) >= 11 is 6.07. The summed E-state index contributed by atoms with van der Waals surface area (Å²) in [5.74, 6) is -1.70. The van der Waals surface area contributed by atoms with Crippen molar-refractivity contribution >= 4 is 40.8 Å². The number of halogens is 1. The Labute approximate surface area is 161 Å². The van der Waals surface area contributed by atoms with Crippen molar-refractivity contribution in [3.8, 4) is 5.75 Å². The number of nitrogens with one attached hydrogen (secondary N) is 2. The third-order valence-corrected chi connectivity index (χ3v) is 4.65. The molecule has 1 aliphatic rings. The summed E-state index contributed by atoms with van der Waals surface area (Å²) in [6.07, 6.45) is 0. The van der Waals surface area contributed by atoms with Gasteiger partial charge in [0.15, 0.2) is 0 Å². The van der Waals surface area contributed by atoms with E-state index >= 15 is 0 Å². The molecule has 0 aliphatic carbocycles. The predicted octanol–water partition coefficient (Wildman–Crippen LogP) is 2.97. The molecule has 2 aromatic carbocycles. The first-order valence-corrected chi connectivity index (χ1v) is 8.61. The number of methoxy groups -OCH3 is 1. The normalized spacial score (nSPS) is 16.7. The molecule has 0 saturated carbocycles. The first-order valence-electron chi connectivity index (χ1n) is 8.23. The number of hydrogen-bond donors (Lipinski definition) is 2. The van der Waals surface area contributed by atoms with Gasteiger partial charge in [-0.2, -0.15) is 0 Å². The van der Waals surface area contributed by atoms with Gasteiger partial charge in [0.05, 0.1) is 12.8 Å². The standard InChI is InChI=1S/C19H18ClN3O4/c1-11-6-7-12(8-16(11)20)22-17(24)15-10-21-19(26)23(18(15)25)13-4-3-5-14(9-13)27-2/h3-9,15H,10H2,1-2H3,(H,21,26)(H,22,24). The van der Waals surface area contributed by atoms with Gasteiger partial charge >= 0.3 is 6.03 Å². The lowest BCUT2D eigenvalue weighted by atomic mass is 10.0. The molecule has 0 spiro atoms. The smallest absolute Gasteiger partial charge is 0.328 e. The van der Waals surface area contributed by atoms with E-state index in [0.29, 0.717) is 22.1 Å². The highest BCUT2D eigenvalue weighted by atomic mass is 35.5. The number of carbonyl (C=O) groups excluding carboxylic acids is 3. The lowest BCUT2D eigenvalue weighted by Crippen LogP contribution is -2.58. The summed E-state index contributed by atoms with van der Waals surface area (Å²) in [4.78, 5) is 38.6. The van der Waals surface area contributed by atoms with Crippen molar-refractivity contribution in [1.29, 1.82) is 0 Å². The minimum Gasteiger partial charge on any atom is -0.497 e. The molecular formula is C19H18ClN3O4. The van der Waals surface area contributed by atoms with Crippen LogP contribution in [0.25, 0.3) is 0 Å². The highest BCUT2D eigenvalue weighted by Crippen LogP contribution is 2.25. The number of amides is 4. The Morgan fingerprint density at radius 3 is 2.74 bits per heavy atom. The number of imide groups is 1. The maximum Gasteiger partial charge on any atom is 0.328 e. The Kier molecular flexibility index (Phi) is 5.32. The van der Waals surface area contributed by atoms with Gasteiger partial charge in [-0.1, -0.05) is 23.7 Å². The molecule has 1 fully saturated rings. The van der Waals surface area contributed by atoms with E-state index in [-0.39, 0.29) is 6.54 Å². The number of benzene rings is 2. The van der Waals surface area contributed by atoms with Crippen LogP contribution in [0.15, 0.2) is 42.5 Å².